The Labute approximate surface area is 95.4 Å². The molecule has 6 nitrogen and oxygen atoms in total. The Kier molecular flexibility index (Phi) is 3.25. The van der Waals surface area contributed by atoms with Crippen molar-refractivity contribution in [3.05, 3.63) is 53.0 Å². The summed E-state index contributed by atoms with van der Waals surface area (Å²) in [4.78, 5) is 21.7. The van der Waals surface area contributed by atoms with E-state index in [1.165, 1.54) is 0 Å². The highest BCUT2D eigenvalue weighted by atomic mass is 16.7. The van der Waals surface area contributed by atoms with Crippen LogP contribution in [0.5, 0.6) is 5.75 Å². The van der Waals surface area contributed by atoms with Gasteiger partial charge in [0.1, 0.15) is 12.0 Å². The molecule has 0 saturated heterocycles. The van der Waals surface area contributed by atoms with Gasteiger partial charge < -0.3 is 18.3 Å². The summed E-state index contributed by atoms with van der Waals surface area (Å²) in [6.45, 7) is -0.225. The molecule has 0 aliphatic heterocycles. The lowest BCUT2D eigenvalue weighted by atomic mass is 10.3. The fraction of sp³-hybridized carbons (Fsp3) is 0.0909. The molecule has 0 aliphatic carbocycles. The molecule has 1 aromatic carbocycles. The second-order valence-corrected chi connectivity index (χ2v) is 3.01. The molecule has 0 fully saturated rings. The third-order valence-electron chi connectivity index (χ3n) is 1.78. The number of hydrogen-bond acceptors (Lipinski definition) is 6. The van der Waals surface area contributed by atoms with Crippen molar-refractivity contribution in [1.29, 1.82) is 0 Å². The molecule has 0 bridgehead atoms. The minimum absolute atomic E-state index is 0.111. The van der Waals surface area contributed by atoms with Gasteiger partial charge in [0.2, 0.25) is 0 Å². The summed E-state index contributed by atoms with van der Waals surface area (Å²) in [6, 6.07) is 8.45. The van der Waals surface area contributed by atoms with Crippen molar-refractivity contribution in [3.63, 3.8) is 0 Å². The molecule has 17 heavy (non-hydrogen) atoms. The largest absolute Gasteiger partial charge is 0.518 e. The summed E-state index contributed by atoms with van der Waals surface area (Å²) in [6.07, 6.45) is 0.179. The Hall–Kier alpha value is -2.50. The van der Waals surface area contributed by atoms with Crippen LogP contribution in [0.2, 0.25) is 0 Å². The van der Waals surface area contributed by atoms with Crippen molar-refractivity contribution in [2.24, 2.45) is 0 Å². The molecule has 0 radical (unpaired) electrons. The summed E-state index contributed by atoms with van der Waals surface area (Å²) in [5, 5.41) is 0. The van der Waals surface area contributed by atoms with E-state index in [2.05, 4.69) is 8.83 Å². The highest BCUT2D eigenvalue weighted by Crippen LogP contribution is 2.09. The number of ether oxygens (including phenoxy) is 2. The average Bonchev–Trinajstić information content (AvgIpc) is 2.74. The van der Waals surface area contributed by atoms with Gasteiger partial charge in [-0.2, -0.15) is 0 Å². The van der Waals surface area contributed by atoms with Gasteiger partial charge in [-0.15, -0.1) is 0 Å². The standard InChI is InChI=1S/C11H8O6/c12-10(16-8-4-2-1-3-5-8)14-6-9-7-15-11(13)17-9/h1-5,7H,6H2. The van der Waals surface area contributed by atoms with E-state index in [0.29, 0.717) is 5.75 Å². The lowest BCUT2D eigenvalue weighted by Gasteiger charge is -2.03. The Morgan fingerprint density at radius 1 is 1.24 bits per heavy atom. The lowest BCUT2D eigenvalue weighted by Crippen LogP contribution is -2.10. The maximum Gasteiger partial charge on any atom is 0.518 e. The van der Waals surface area contributed by atoms with Crippen LogP contribution in [0.3, 0.4) is 0 Å². The van der Waals surface area contributed by atoms with Crippen LogP contribution in [-0.4, -0.2) is 6.16 Å². The number of hydrogen-bond donors (Lipinski definition) is 0. The van der Waals surface area contributed by atoms with Crippen LogP contribution in [0.4, 0.5) is 4.79 Å². The van der Waals surface area contributed by atoms with E-state index >= 15 is 0 Å². The van der Waals surface area contributed by atoms with E-state index in [-0.39, 0.29) is 12.4 Å². The van der Waals surface area contributed by atoms with E-state index in [4.69, 9.17) is 9.47 Å². The van der Waals surface area contributed by atoms with Gasteiger partial charge >= 0.3 is 12.0 Å². The zero-order valence-electron chi connectivity index (χ0n) is 8.62. The molecule has 0 unspecified atom stereocenters. The normalized spacial score (nSPS) is 9.88. The number of rotatable bonds is 3. The monoisotopic (exact) mass is 236 g/mol. The van der Waals surface area contributed by atoms with Crippen LogP contribution in [0, 0.1) is 0 Å². The van der Waals surface area contributed by atoms with Gasteiger partial charge in [-0.1, -0.05) is 18.2 Å². The van der Waals surface area contributed by atoms with Gasteiger partial charge in [-0.25, -0.2) is 9.59 Å². The Bertz CT molecular complexity index is 538. The molecule has 0 saturated carbocycles. The first-order valence-corrected chi connectivity index (χ1v) is 4.71. The summed E-state index contributed by atoms with van der Waals surface area (Å²) in [5.74, 6) is -0.369. The van der Waals surface area contributed by atoms with Crippen molar-refractivity contribution < 1.29 is 23.1 Å². The predicted molar refractivity (Wildman–Crippen MR) is 54.5 cm³/mol. The topological polar surface area (TPSA) is 78.9 Å². The zero-order valence-corrected chi connectivity index (χ0v) is 8.62. The third-order valence-corrected chi connectivity index (χ3v) is 1.78. The fourth-order valence-electron chi connectivity index (χ4n) is 1.08. The minimum atomic E-state index is -0.889. The molecule has 0 aliphatic rings. The first-order chi connectivity index (χ1) is 8.24. The molecule has 6 heteroatoms. The number of para-hydroxylation sites is 1. The highest BCUT2D eigenvalue weighted by Gasteiger charge is 2.08. The fourth-order valence-corrected chi connectivity index (χ4v) is 1.08. The van der Waals surface area contributed by atoms with E-state index in [1.807, 2.05) is 0 Å². The molecule has 0 spiro atoms. The van der Waals surface area contributed by atoms with Crippen molar-refractivity contribution in [2.75, 3.05) is 0 Å². The molecule has 88 valence electrons. The third kappa shape index (κ3) is 3.23. The SMILES string of the molecule is O=C(OCc1coc(=O)o1)Oc1ccccc1. The summed E-state index contributed by atoms with van der Waals surface area (Å²) < 4.78 is 18.4. The van der Waals surface area contributed by atoms with Crippen LogP contribution in [0.25, 0.3) is 0 Å². The number of carbonyl (C=O) groups is 1. The van der Waals surface area contributed by atoms with Crippen molar-refractivity contribution in [3.8, 4) is 5.75 Å². The number of carbonyl (C=O) groups excluding carboxylic acids is 1. The molecule has 2 aromatic rings. The van der Waals surface area contributed by atoms with Crippen LogP contribution in [-0.2, 0) is 11.3 Å². The van der Waals surface area contributed by atoms with Gasteiger partial charge in [0, 0.05) is 0 Å². The smallest absolute Gasteiger partial charge is 0.426 e. The van der Waals surface area contributed by atoms with Crippen molar-refractivity contribution >= 4 is 6.16 Å². The van der Waals surface area contributed by atoms with Crippen molar-refractivity contribution in [1.82, 2.24) is 0 Å². The molecule has 0 N–H and O–H groups in total. The predicted octanol–water partition coefficient (Wildman–Crippen LogP) is 1.95. The summed E-state index contributed by atoms with van der Waals surface area (Å²) in [5.41, 5.74) is 0. The Balaban J connectivity index is 1.84. The second-order valence-electron chi connectivity index (χ2n) is 3.01. The molecular weight excluding hydrogens is 228 g/mol. The first kappa shape index (κ1) is 11.0. The molecule has 2 rings (SSSR count). The van der Waals surface area contributed by atoms with Gasteiger partial charge in [0.05, 0.1) is 0 Å². The molecule has 1 aromatic heterocycles. The first-order valence-electron chi connectivity index (χ1n) is 4.71. The maximum atomic E-state index is 11.2. The van der Waals surface area contributed by atoms with Gasteiger partial charge in [-0.05, 0) is 12.1 Å². The van der Waals surface area contributed by atoms with Crippen LogP contribution < -0.4 is 10.6 Å². The molecule has 0 atom stereocenters. The van der Waals surface area contributed by atoms with Crippen molar-refractivity contribution in [2.45, 2.75) is 6.61 Å². The van der Waals surface area contributed by atoms with Crippen LogP contribution in [0.15, 0.2) is 50.2 Å². The lowest BCUT2D eigenvalue weighted by molar-refractivity contribution is 0.0859. The minimum Gasteiger partial charge on any atom is -0.426 e. The van der Waals surface area contributed by atoms with Crippen LogP contribution in [0.1, 0.15) is 5.76 Å². The van der Waals surface area contributed by atoms with E-state index in [9.17, 15) is 9.59 Å². The second kappa shape index (κ2) is 5.02. The molecular formula is C11H8O6. The van der Waals surface area contributed by atoms with Gasteiger partial charge in [-0.3, -0.25) is 0 Å². The molecule has 1 heterocycles. The van der Waals surface area contributed by atoms with Crippen LogP contribution >= 0.6 is 0 Å². The molecule has 0 amide bonds. The maximum absolute atomic E-state index is 11.2. The summed E-state index contributed by atoms with van der Waals surface area (Å²) in [7, 11) is 0. The Morgan fingerprint density at radius 2 is 2.00 bits per heavy atom. The quantitative estimate of drug-likeness (QED) is 0.598. The number of benzene rings is 1. The zero-order chi connectivity index (χ0) is 12.1. The highest BCUT2D eigenvalue weighted by molar-refractivity contribution is 5.63. The van der Waals surface area contributed by atoms with Gasteiger partial charge in [0.25, 0.3) is 0 Å². The van der Waals surface area contributed by atoms with Gasteiger partial charge in [0.15, 0.2) is 12.4 Å². The Morgan fingerprint density at radius 3 is 2.65 bits per heavy atom. The van der Waals surface area contributed by atoms with E-state index < -0.39 is 12.0 Å². The van der Waals surface area contributed by atoms with E-state index in [0.717, 1.165) is 6.26 Å². The van der Waals surface area contributed by atoms with E-state index in [1.54, 1.807) is 30.3 Å². The summed E-state index contributed by atoms with van der Waals surface area (Å²) >= 11 is 0. The average molecular weight is 236 g/mol.